The van der Waals surface area contributed by atoms with Crippen molar-refractivity contribution < 1.29 is 9.53 Å². The number of hydrogen-bond acceptors (Lipinski definition) is 3. The van der Waals surface area contributed by atoms with Crippen molar-refractivity contribution in [1.82, 2.24) is 10.2 Å². The monoisotopic (exact) mass is 318 g/mol. The molecule has 4 nitrogen and oxygen atoms in total. The Morgan fingerprint density at radius 3 is 2.52 bits per heavy atom. The topological polar surface area (TPSA) is 41.6 Å². The Morgan fingerprint density at radius 1 is 1.30 bits per heavy atom. The van der Waals surface area contributed by atoms with Gasteiger partial charge in [0.25, 0.3) is 5.91 Å². The SMILES string of the molecule is CCC(C)Oc1ccc(C(=O)N2CCC(CCNC)CC2)cc1. The smallest absolute Gasteiger partial charge is 0.253 e. The summed E-state index contributed by atoms with van der Waals surface area (Å²) in [6.45, 7) is 6.97. The normalized spacial score (nSPS) is 17.1. The van der Waals surface area contributed by atoms with Gasteiger partial charge < -0.3 is 15.0 Å². The third-order valence-electron chi connectivity index (χ3n) is 4.72. The predicted molar refractivity (Wildman–Crippen MR) is 94.0 cm³/mol. The van der Waals surface area contributed by atoms with Gasteiger partial charge in [0.1, 0.15) is 5.75 Å². The molecule has 1 amide bonds. The lowest BCUT2D eigenvalue weighted by Gasteiger charge is -2.32. The minimum atomic E-state index is 0.146. The third kappa shape index (κ3) is 5.24. The molecule has 0 spiro atoms. The van der Waals surface area contributed by atoms with Crippen LogP contribution in [0.2, 0.25) is 0 Å². The van der Waals surface area contributed by atoms with E-state index in [9.17, 15) is 4.79 Å². The number of rotatable bonds is 7. The fraction of sp³-hybridized carbons (Fsp3) is 0.632. The van der Waals surface area contributed by atoms with Crippen molar-refractivity contribution in [3.8, 4) is 5.75 Å². The fourth-order valence-electron chi connectivity index (χ4n) is 2.95. The number of amides is 1. The van der Waals surface area contributed by atoms with Gasteiger partial charge in [0.2, 0.25) is 0 Å². The first-order valence-corrected chi connectivity index (χ1v) is 8.84. The molecule has 1 atom stereocenters. The summed E-state index contributed by atoms with van der Waals surface area (Å²) in [7, 11) is 1.99. The van der Waals surface area contributed by atoms with Crippen LogP contribution in [0, 0.1) is 5.92 Å². The lowest BCUT2D eigenvalue weighted by Crippen LogP contribution is -2.38. The zero-order chi connectivity index (χ0) is 16.7. The first-order chi connectivity index (χ1) is 11.1. The summed E-state index contributed by atoms with van der Waals surface area (Å²) in [4.78, 5) is 14.6. The van der Waals surface area contributed by atoms with Crippen LogP contribution < -0.4 is 10.1 Å². The van der Waals surface area contributed by atoms with E-state index in [1.54, 1.807) is 0 Å². The summed E-state index contributed by atoms with van der Waals surface area (Å²) in [6, 6.07) is 7.57. The van der Waals surface area contributed by atoms with Crippen molar-refractivity contribution in [3.05, 3.63) is 29.8 Å². The summed E-state index contributed by atoms with van der Waals surface area (Å²) in [6.07, 6.45) is 4.61. The van der Waals surface area contributed by atoms with Crippen LogP contribution in [0.5, 0.6) is 5.75 Å². The van der Waals surface area contributed by atoms with Gasteiger partial charge in [-0.25, -0.2) is 0 Å². The molecule has 1 heterocycles. The number of hydrogen-bond donors (Lipinski definition) is 1. The summed E-state index contributed by atoms with van der Waals surface area (Å²) < 4.78 is 5.76. The average Bonchev–Trinajstić information content (AvgIpc) is 2.60. The average molecular weight is 318 g/mol. The Balaban J connectivity index is 1.86. The zero-order valence-corrected chi connectivity index (χ0v) is 14.7. The number of likely N-dealkylation sites (tertiary alicyclic amines) is 1. The summed E-state index contributed by atoms with van der Waals surface area (Å²) in [5.41, 5.74) is 0.759. The second kappa shape index (κ2) is 8.92. The molecule has 1 aliphatic heterocycles. The number of benzene rings is 1. The Morgan fingerprint density at radius 2 is 1.96 bits per heavy atom. The lowest BCUT2D eigenvalue weighted by molar-refractivity contribution is 0.0687. The standard InChI is InChI=1S/C19H30N2O2/c1-4-15(2)23-18-7-5-17(6-8-18)19(22)21-13-10-16(11-14-21)9-12-20-3/h5-8,15-16,20H,4,9-14H2,1-3H3. The molecular formula is C19H30N2O2. The van der Waals surface area contributed by atoms with Gasteiger partial charge in [-0.05, 0) is 76.4 Å². The molecule has 1 N–H and O–H groups in total. The zero-order valence-electron chi connectivity index (χ0n) is 14.7. The minimum Gasteiger partial charge on any atom is -0.491 e. The van der Waals surface area contributed by atoms with Crippen LogP contribution in [0.3, 0.4) is 0 Å². The van der Waals surface area contributed by atoms with Crippen molar-refractivity contribution in [2.75, 3.05) is 26.7 Å². The maximum Gasteiger partial charge on any atom is 0.253 e. The first-order valence-electron chi connectivity index (χ1n) is 8.84. The van der Waals surface area contributed by atoms with Gasteiger partial charge in [-0.1, -0.05) is 6.92 Å². The number of ether oxygens (including phenoxy) is 1. The molecule has 1 fully saturated rings. The lowest BCUT2D eigenvalue weighted by atomic mass is 9.93. The molecule has 0 saturated carbocycles. The van der Waals surface area contributed by atoms with Crippen molar-refractivity contribution in [1.29, 1.82) is 0 Å². The van der Waals surface area contributed by atoms with Crippen LogP contribution in [0.4, 0.5) is 0 Å². The molecule has 2 rings (SSSR count). The van der Waals surface area contributed by atoms with Gasteiger partial charge in [0.15, 0.2) is 0 Å². The van der Waals surface area contributed by atoms with Gasteiger partial charge in [0, 0.05) is 18.7 Å². The quantitative estimate of drug-likeness (QED) is 0.838. The van der Waals surface area contributed by atoms with E-state index in [1.807, 2.05) is 36.2 Å². The van der Waals surface area contributed by atoms with Crippen LogP contribution in [0.25, 0.3) is 0 Å². The van der Waals surface area contributed by atoms with Gasteiger partial charge in [-0.3, -0.25) is 4.79 Å². The molecule has 1 aromatic carbocycles. The molecule has 128 valence electrons. The molecule has 4 heteroatoms. The van der Waals surface area contributed by atoms with E-state index in [-0.39, 0.29) is 12.0 Å². The Bertz CT molecular complexity index is 479. The maximum atomic E-state index is 12.6. The van der Waals surface area contributed by atoms with E-state index in [0.717, 1.165) is 56.1 Å². The molecule has 0 radical (unpaired) electrons. The second-order valence-corrected chi connectivity index (χ2v) is 6.49. The molecule has 0 aliphatic carbocycles. The van der Waals surface area contributed by atoms with Crippen molar-refractivity contribution in [3.63, 3.8) is 0 Å². The summed E-state index contributed by atoms with van der Waals surface area (Å²) >= 11 is 0. The Labute approximate surface area is 140 Å². The van der Waals surface area contributed by atoms with E-state index in [4.69, 9.17) is 4.74 Å². The van der Waals surface area contributed by atoms with Gasteiger partial charge in [-0.2, -0.15) is 0 Å². The number of carbonyl (C=O) groups excluding carboxylic acids is 1. The Kier molecular flexibility index (Phi) is 6.90. The van der Waals surface area contributed by atoms with E-state index < -0.39 is 0 Å². The van der Waals surface area contributed by atoms with Crippen molar-refractivity contribution in [2.24, 2.45) is 5.92 Å². The largest absolute Gasteiger partial charge is 0.491 e. The molecule has 0 bridgehead atoms. The first kappa shape index (κ1) is 17.8. The van der Waals surface area contributed by atoms with Crippen LogP contribution in [-0.4, -0.2) is 43.6 Å². The highest BCUT2D eigenvalue weighted by Crippen LogP contribution is 2.22. The molecule has 1 saturated heterocycles. The summed E-state index contributed by atoms with van der Waals surface area (Å²) in [5, 5.41) is 3.21. The second-order valence-electron chi connectivity index (χ2n) is 6.49. The number of piperidine rings is 1. The van der Waals surface area contributed by atoms with E-state index in [0.29, 0.717) is 0 Å². The number of nitrogens with zero attached hydrogens (tertiary/aromatic N) is 1. The van der Waals surface area contributed by atoms with Crippen LogP contribution in [0.15, 0.2) is 24.3 Å². The van der Waals surface area contributed by atoms with Crippen LogP contribution >= 0.6 is 0 Å². The van der Waals surface area contributed by atoms with Gasteiger partial charge >= 0.3 is 0 Å². The Hall–Kier alpha value is -1.55. The highest BCUT2D eigenvalue weighted by Gasteiger charge is 2.23. The summed E-state index contributed by atoms with van der Waals surface area (Å²) in [5.74, 6) is 1.73. The molecular weight excluding hydrogens is 288 g/mol. The number of nitrogens with one attached hydrogen (secondary N) is 1. The highest BCUT2D eigenvalue weighted by molar-refractivity contribution is 5.94. The highest BCUT2D eigenvalue weighted by atomic mass is 16.5. The fourth-order valence-corrected chi connectivity index (χ4v) is 2.95. The number of carbonyl (C=O) groups is 1. The minimum absolute atomic E-state index is 0.146. The van der Waals surface area contributed by atoms with E-state index in [2.05, 4.69) is 19.2 Å². The molecule has 0 aromatic heterocycles. The van der Waals surface area contributed by atoms with Gasteiger partial charge in [-0.15, -0.1) is 0 Å². The predicted octanol–water partition coefficient (Wildman–Crippen LogP) is 3.33. The van der Waals surface area contributed by atoms with Crippen LogP contribution in [0.1, 0.15) is 49.9 Å². The molecule has 1 aromatic rings. The molecule has 23 heavy (non-hydrogen) atoms. The molecule has 1 aliphatic rings. The van der Waals surface area contributed by atoms with Crippen LogP contribution in [-0.2, 0) is 0 Å². The van der Waals surface area contributed by atoms with Crippen molar-refractivity contribution in [2.45, 2.75) is 45.6 Å². The van der Waals surface area contributed by atoms with E-state index in [1.165, 1.54) is 6.42 Å². The third-order valence-corrected chi connectivity index (χ3v) is 4.72. The molecule has 1 unspecified atom stereocenters. The van der Waals surface area contributed by atoms with Crippen molar-refractivity contribution >= 4 is 5.91 Å². The maximum absolute atomic E-state index is 12.6. The van der Waals surface area contributed by atoms with E-state index >= 15 is 0 Å². The van der Waals surface area contributed by atoms with Gasteiger partial charge in [0.05, 0.1) is 6.10 Å².